The van der Waals surface area contributed by atoms with Gasteiger partial charge in [-0.15, -0.1) is 0 Å². The maximum absolute atomic E-state index is 8.62. The Morgan fingerprint density at radius 2 is 1.82 bits per heavy atom. The van der Waals surface area contributed by atoms with Gasteiger partial charge in [-0.05, 0) is 12.8 Å². The van der Waals surface area contributed by atoms with Crippen LogP contribution in [0.3, 0.4) is 0 Å². The number of nitrogens with two attached hydrogens (primary N) is 2. The molecular formula is C10H20N6O. The minimum atomic E-state index is 0.184. The van der Waals surface area contributed by atoms with Crippen LogP contribution in [-0.4, -0.2) is 28.2 Å². The number of nitrogens with one attached hydrogen (secondary N) is 2. The lowest BCUT2D eigenvalue weighted by Crippen LogP contribution is -2.12. The van der Waals surface area contributed by atoms with Gasteiger partial charge in [-0.2, -0.15) is 9.97 Å². The van der Waals surface area contributed by atoms with E-state index in [9.17, 15) is 0 Å². The van der Waals surface area contributed by atoms with Gasteiger partial charge in [0.1, 0.15) is 11.6 Å². The third kappa shape index (κ3) is 5.32. The summed E-state index contributed by atoms with van der Waals surface area (Å²) in [7, 11) is 0. The minimum Gasteiger partial charge on any atom is -0.396 e. The van der Waals surface area contributed by atoms with Gasteiger partial charge in [0.05, 0.1) is 0 Å². The lowest BCUT2D eigenvalue weighted by molar-refractivity contribution is 0.283. The molecule has 1 rings (SSSR count). The third-order valence-electron chi connectivity index (χ3n) is 2.28. The second-order valence-corrected chi connectivity index (χ2v) is 3.71. The Morgan fingerprint density at radius 3 is 2.53 bits per heavy atom. The fourth-order valence-electron chi connectivity index (χ4n) is 1.44. The lowest BCUT2D eigenvalue weighted by atomic mass is 10.2. The van der Waals surface area contributed by atoms with Gasteiger partial charge in [-0.3, -0.25) is 0 Å². The van der Waals surface area contributed by atoms with Crippen LogP contribution in [0.1, 0.15) is 25.7 Å². The molecule has 0 amide bonds. The molecule has 1 aromatic heterocycles. The first-order valence-electron chi connectivity index (χ1n) is 5.72. The van der Waals surface area contributed by atoms with Gasteiger partial charge in [-0.25, -0.2) is 5.84 Å². The van der Waals surface area contributed by atoms with E-state index in [0.29, 0.717) is 11.6 Å². The van der Waals surface area contributed by atoms with E-state index >= 15 is 0 Å². The van der Waals surface area contributed by atoms with E-state index in [0.717, 1.165) is 32.2 Å². The molecule has 0 saturated carbocycles. The van der Waals surface area contributed by atoms with Crippen molar-refractivity contribution in [1.82, 2.24) is 9.97 Å². The molecular weight excluding hydrogens is 220 g/mol. The highest BCUT2D eigenvalue weighted by atomic mass is 16.2. The number of rotatable bonds is 8. The summed E-state index contributed by atoms with van der Waals surface area (Å²) in [6.07, 6.45) is 4.01. The SMILES string of the molecule is NNc1cc(NCCCCCCO)nc(N)n1. The van der Waals surface area contributed by atoms with E-state index in [1.165, 1.54) is 0 Å². The molecule has 0 saturated heterocycles. The molecule has 0 aliphatic rings. The minimum absolute atomic E-state index is 0.184. The second-order valence-electron chi connectivity index (χ2n) is 3.71. The summed E-state index contributed by atoms with van der Waals surface area (Å²) in [4.78, 5) is 7.92. The van der Waals surface area contributed by atoms with Crippen molar-refractivity contribution in [3.63, 3.8) is 0 Å². The van der Waals surface area contributed by atoms with Crippen LogP contribution in [0.15, 0.2) is 6.07 Å². The van der Waals surface area contributed by atoms with Gasteiger partial charge >= 0.3 is 0 Å². The van der Waals surface area contributed by atoms with Crippen molar-refractivity contribution in [2.75, 3.05) is 29.6 Å². The highest BCUT2D eigenvalue weighted by Gasteiger charge is 2.00. The molecule has 1 aromatic rings. The molecule has 0 spiro atoms. The molecule has 17 heavy (non-hydrogen) atoms. The topological polar surface area (TPSA) is 122 Å². The molecule has 0 aliphatic heterocycles. The van der Waals surface area contributed by atoms with Gasteiger partial charge in [0.25, 0.3) is 0 Å². The first-order chi connectivity index (χ1) is 8.26. The Bertz CT molecular complexity index is 333. The fraction of sp³-hybridized carbons (Fsp3) is 0.600. The van der Waals surface area contributed by atoms with Crippen molar-refractivity contribution >= 4 is 17.6 Å². The molecule has 7 nitrogen and oxygen atoms in total. The summed E-state index contributed by atoms with van der Waals surface area (Å²) in [5, 5.41) is 11.8. The summed E-state index contributed by atoms with van der Waals surface area (Å²) in [6.45, 7) is 1.08. The second kappa shape index (κ2) is 7.64. The number of hydrogen-bond acceptors (Lipinski definition) is 7. The van der Waals surface area contributed by atoms with E-state index in [4.69, 9.17) is 16.7 Å². The molecule has 0 aromatic carbocycles. The summed E-state index contributed by atoms with van der Waals surface area (Å²) in [5.41, 5.74) is 7.95. The van der Waals surface area contributed by atoms with Crippen molar-refractivity contribution in [3.8, 4) is 0 Å². The molecule has 0 unspecified atom stereocenters. The van der Waals surface area contributed by atoms with Crippen LogP contribution >= 0.6 is 0 Å². The largest absolute Gasteiger partial charge is 0.396 e. The monoisotopic (exact) mass is 240 g/mol. The highest BCUT2D eigenvalue weighted by Crippen LogP contribution is 2.11. The Balaban J connectivity index is 2.28. The van der Waals surface area contributed by atoms with E-state index in [1.54, 1.807) is 6.07 Å². The molecule has 0 atom stereocenters. The molecule has 96 valence electrons. The van der Waals surface area contributed by atoms with Crippen LogP contribution in [0.4, 0.5) is 17.6 Å². The summed E-state index contributed by atoms with van der Waals surface area (Å²) >= 11 is 0. The first kappa shape index (κ1) is 13.5. The molecule has 0 radical (unpaired) electrons. The number of aliphatic hydroxyl groups excluding tert-OH is 1. The van der Waals surface area contributed by atoms with Crippen molar-refractivity contribution in [3.05, 3.63) is 6.07 Å². The molecule has 7 heteroatoms. The number of aromatic nitrogens is 2. The van der Waals surface area contributed by atoms with Crippen LogP contribution < -0.4 is 22.3 Å². The Morgan fingerprint density at radius 1 is 1.12 bits per heavy atom. The zero-order valence-corrected chi connectivity index (χ0v) is 9.82. The van der Waals surface area contributed by atoms with Crippen LogP contribution in [0.25, 0.3) is 0 Å². The van der Waals surface area contributed by atoms with E-state index in [-0.39, 0.29) is 12.6 Å². The molecule has 0 fully saturated rings. The van der Waals surface area contributed by atoms with Gasteiger partial charge in [0.2, 0.25) is 5.95 Å². The summed E-state index contributed by atoms with van der Waals surface area (Å²) < 4.78 is 0. The van der Waals surface area contributed by atoms with Crippen LogP contribution in [-0.2, 0) is 0 Å². The Kier molecular flexibility index (Phi) is 6.05. The van der Waals surface area contributed by atoms with Gasteiger partial charge in [0.15, 0.2) is 0 Å². The number of anilines is 3. The van der Waals surface area contributed by atoms with Crippen molar-refractivity contribution in [2.45, 2.75) is 25.7 Å². The molecule has 0 bridgehead atoms. The van der Waals surface area contributed by atoms with Crippen LogP contribution in [0, 0.1) is 0 Å². The smallest absolute Gasteiger partial charge is 0.223 e. The number of nitrogens with zero attached hydrogens (tertiary/aromatic N) is 2. The Hall–Kier alpha value is -1.60. The maximum Gasteiger partial charge on any atom is 0.223 e. The van der Waals surface area contributed by atoms with Crippen molar-refractivity contribution < 1.29 is 5.11 Å². The molecule has 0 aliphatic carbocycles. The lowest BCUT2D eigenvalue weighted by Gasteiger charge is -2.07. The van der Waals surface area contributed by atoms with Gasteiger partial charge < -0.3 is 21.6 Å². The van der Waals surface area contributed by atoms with E-state index < -0.39 is 0 Å². The van der Waals surface area contributed by atoms with Crippen LogP contribution in [0.5, 0.6) is 0 Å². The highest BCUT2D eigenvalue weighted by molar-refractivity contribution is 5.50. The number of aliphatic hydroxyl groups is 1. The average Bonchev–Trinajstić information content (AvgIpc) is 2.33. The normalized spacial score (nSPS) is 10.2. The first-order valence-corrected chi connectivity index (χ1v) is 5.72. The predicted octanol–water partition coefficient (Wildman–Crippen LogP) is 0.309. The maximum atomic E-state index is 8.62. The molecule has 7 N–H and O–H groups in total. The van der Waals surface area contributed by atoms with Gasteiger partial charge in [-0.1, -0.05) is 12.8 Å². The number of nitrogen functional groups attached to an aromatic ring is 2. The van der Waals surface area contributed by atoms with Crippen molar-refractivity contribution in [1.29, 1.82) is 0 Å². The predicted molar refractivity (Wildman–Crippen MR) is 68.3 cm³/mol. The van der Waals surface area contributed by atoms with Gasteiger partial charge in [0, 0.05) is 19.2 Å². The average molecular weight is 240 g/mol. The number of hydrazine groups is 1. The third-order valence-corrected chi connectivity index (χ3v) is 2.28. The van der Waals surface area contributed by atoms with Crippen LogP contribution in [0.2, 0.25) is 0 Å². The quantitative estimate of drug-likeness (QED) is 0.252. The fourth-order valence-corrected chi connectivity index (χ4v) is 1.44. The zero-order chi connectivity index (χ0) is 12.5. The summed E-state index contributed by atoms with van der Waals surface area (Å²) in [5.74, 6) is 6.58. The summed E-state index contributed by atoms with van der Waals surface area (Å²) in [6, 6.07) is 1.70. The number of hydrogen-bond donors (Lipinski definition) is 5. The molecule has 1 heterocycles. The zero-order valence-electron chi connectivity index (χ0n) is 9.82. The standard InChI is InChI=1S/C10H20N6O/c11-10-14-8(7-9(15-10)16-12)13-5-3-1-2-4-6-17/h7,17H,1-6,12H2,(H4,11,13,14,15,16). The van der Waals surface area contributed by atoms with E-state index in [2.05, 4.69) is 20.7 Å². The number of unbranched alkanes of at least 4 members (excludes halogenated alkanes) is 3. The van der Waals surface area contributed by atoms with Crippen molar-refractivity contribution in [2.24, 2.45) is 5.84 Å². The van der Waals surface area contributed by atoms with E-state index in [1.807, 2.05) is 0 Å². The Labute approximate surface area is 101 Å².